The quantitative estimate of drug-likeness (QED) is 0.227. The molecule has 0 heterocycles. The van der Waals surface area contributed by atoms with Gasteiger partial charge in [-0.05, 0) is 24.3 Å². The number of hydrogen-bond acceptors (Lipinski definition) is 4. The number of amides is 2. The van der Waals surface area contributed by atoms with Crippen LogP contribution in [0.2, 0.25) is 5.02 Å². The highest BCUT2D eigenvalue weighted by Crippen LogP contribution is 2.27. The van der Waals surface area contributed by atoms with Gasteiger partial charge in [-0.1, -0.05) is 29.8 Å². The molecule has 3 N–H and O–H groups in total. The number of quaternary nitrogens is 1. The van der Waals surface area contributed by atoms with E-state index >= 15 is 0 Å². The van der Waals surface area contributed by atoms with Crippen LogP contribution < -0.4 is 28.4 Å². The summed E-state index contributed by atoms with van der Waals surface area (Å²) in [6.07, 6.45) is 1.35. The number of likely N-dealkylation sites (N-methyl/N-ethyl adjacent to an activating group) is 2. The number of nitrogens with two attached hydrogens (primary N) is 1. The standard InChI is InChI=1S/C22H27ClN4O3.ClH/c1-26(20-10-9-17(24)13-19(20)23)21(29)14-27(2,3)12-6-11-25-22(30)18-8-5-4-7-16(18)15-28;/h4-5,7-10,13,15H,6,11-12,14,24H2,1-3H3;1H. The topological polar surface area (TPSA) is 92.5 Å². The number of nitrogens with zero attached hydrogens (tertiary/aromatic N) is 2. The van der Waals surface area contributed by atoms with Gasteiger partial charge in [0.05, 0.1) is 31.4 Å². The van der Waals surface area contributed by atoms with Crippen molar-refractivity contribution in [2.24, 2.45) is 0 Å². The summed E-state index contributed by atoms with van der Waals surface area (Å²) >= 11 is 6.20. The lowest BCUT2D eigenvalue weighted by atomic mass is 10.1. The van der Waals surface area contributed by atoms with E-state index in [0.717, 1.165) is 0 Å². The van der Waals surface area contributed by atoms with E-state index in [2.05, 4.69) is 5.32 Å². The zero-order valence-corrected chi connectivity index (χ0v) is 19.4. The van der Waals surface area contributed by atoms with Crippen molar-refractivity contribution in [2.45, 2.75) is 6.42 Å². The van der Waals surface area contributed by atoms with Crippen LogP contribution in [0, 0.1) is 0 Å². The van der Waals surface area contributed by atoms with Gasteiger partial charge >= 0.3 is 0 Å². The summed E-state index contributed by atoms with van der Waals surface area (Å²) < 4.78 is 0.455. The minimum atomic E-state index is -0.281. The maximum absolute atomic E-state index is 12.7. The molecule has 0 saturated heterocycles. The maximum atomic E-state index is 12.7. The molecular formula is C22H28Cl2N4O3. The Morgan fingerprint density at radius 3 is 2.52 bits per heavy atom. The first kappa shape index (κ1) is 26.4. The molecule has 7 nitrogen and oxygen atoms in total. The van der Waals surface area contributed by atoms with E-state index < -0.39 is 0 Å². The lowest BCUT2D eigenvalue weighted by Crippen LogP contribution is -3.00. The molecule has 0 bridgehead atoms. The zero-order chi connectivity index (χ0) is 22.3. The van der Waals surface area contributed by atoms with E-state index in [9.17, 15) is 14.4 Å². The zero-order valence-electron chi connectivity index (χ0n) is 17.9. The molecule has 2 rings (SSSR count). The second kappa shape index (κ2) is 11.7. The Morgan fingerprint density at radius 1 is 1.19 bits per heavy atom. The van der Waals surface area contributed by atoms with Gasteiger partial charge in [-0.25, -0.2) is 0 Å². The van der Waals surface area contributed by atoms with Crippen molar-refractivity contribution in [1.82, 2.24) is 5.32 Å². The van der Waals surface area contributed by atoms with Crippen molar-refractivity contribution in [1.29, 1.82) is 0 Å². The summed E-state index contributed by atoms with van der Waals surface area (Å²) in [7, 11) is 5.60. The highest BCUT2D eigenvalue weighted by molar-refractivity contribution is 6.34. The lowest BCUT2D eigenvalue weighted by Gasteiger charge is -2.31. The van der Waals surface area contributed by atoms with Gasteiger partial charge in [-0.3, -0.25) is 14.4 Å². The summed E-state index contributed by atoms with van der Waals surface area (Å²) in [4.78, 5) is 37.6. The van der Waals surface area contributed by atoms with E-state index in [1.54, 1.807) is 49.5 Å². The Bertz CT molecular complexity index is 935. The van der Waals surface area contributed by atoms with Gasteiger partial charge in [-0.2, -0.15) is 0 Å². The van der Waals surface area contributed by atoms with Crippen LogP contribution in [0.15, 0.2) is 42.5 Å². The maximum Gasteiger partial charge on any atom is 0.281 e. The molecule has 0 saturated carbocycles. The predicted octanol–water partition coefficient (Wildman–Crippen LogP) is -0.402. The molecule has 0 aliphatic rings. The highest BCUT2D eigenvalue weighted by atomic mass is 35.5. The van der Waals surface area contributed by atoms with Crippen molar-refractivity contribution in [2.75, 3.05) is 51.4 Å². The Morgan fingerprint density at radius 2 is 1.87 bits per heavy atom. The molecular weight excluding hydrogens is 439 g/mol. The number of rotatable bonds is 9. The third-order valence-electron chi connectivity index (χ3n) is 4.83. The van der Waals surface area contributed by atoms with Gasteiger partial charge in [0.2, 0.25) is 0 Å². The van der Waals surface area contributed by atoms with Crippen LogP contribution in [0.25, 0.3) is 0 Å². The number of carbonyl (C=O) groups excluding carboxylic acids is 3. The van der Waals surface area contributed by atoms with Gasteiger partial charge in [0, 0.05) is 36.8 Å². The van der Waals surface area contributed by atoms with E-state index in [0.29, 0.717) is 57.8 Å². The van der Waals surface area contributed by atoms with E-state index in [1.165, 1.54) is 4.90 Å². The lowest BCUT2D eigenvalue weighted by molar-refractivity contribution is -0.882. The Balaban J connectivity index is 0.00000480. The molecule has 168 valence electrons. The smallest absolute Gasteiger partial charge is 0.281 e. The molecule has 0 atom stereocenters. The van der Waals surface area contributed by atoms with Crippen LogP contribution in [-0.2, 0) is 4.79 Å². The fraction of sp³-hybridized carbons (Fsp3) is 0.318. The Hall–Kier alpha value is -2.61. The highest BCUT2D eigenvalue weighted by Gasteiger charge is 2.24. The van der Waals surface area contributed by atoms with Crippen LogP contribution in [0.5, 0.6) is 0 Å². The van der Waals surface area contributed by atoms with Gasteiger partial charge < -0.3 is 32.8 Å². The SMILES string of the molecule is CN(C(=O)C[N+](C)(C)CCCNC(=O)c1ccccc1C=O)c1ccc(N)cc1Cl.[Cl-]. The second-order valence-corrected chi connectivity index (χ2v) is 8.20. The third kappa shape index (κ3) is 7.54. The monoisotopic (exact) mass is 466 g/mol. The summed E-state index contributed by atoms with van der Waals surface area (Å²) in [5.41, 5.74) is 7.58. The number of anilines is 2. The first-order chi connectivity index (χ1) is 14.1. The van der Waals surface area contributed by atoms with E-state index in [1.807, 2.05) is 14.1 Å². The van der Waals surface area contributed by atoms with E-state index in [-0.39, 0.29) is 30.8 Å². The van der Waals surface area contributed by atoms with E-state index in [4.69, 9.17) is 17.3 Å². The van der Waals surface area contributed by atoms with Crippen molar-refractivity contribution in [3.05, 3.63) is 58.6 Å². The average molecular weight is 467 g/mol. The molecule has 0 unspecified atom stereocenters. The number of nitrogen functional groups attached to an aromatic ring is 1. The summed E-state index contributed by atoms with van der Waals surface area (Å²) in [6.45, 7) is 1.41. The van der Waals surface area contributed by atoms with Crippen molar-refractivity contribution >= 4 is 41.1 Å². The number of nitrogens with one attached hydrogen (secondary N) is 1. The molecule has 0 aliphatic carbocycles. The molecule has 0 spiro atoms. The van der Waals surface area contributed by atoms with Gasteiger partial charge in [0.15, 0.2) is 12.8 Å². The van der Waals surface area contributed by atoms with Crippen LogP contribution in [0.4, 0.5) is 11.4 Å². The molecule has 2 aromatic carbocycles. The van der Waals surface area contributed by atoms with Gasteiger partial charge in [0.1, 0.15) is 0 Å². The second-order valence-electron chi connectivity index (χ2n) is 7.80. The number of hydrogen-bond donors (Lipinski definition) is 2. The van der Waals surface area contributed by atoms with Crippen molar-refractivity contribution in [3.8, 4) is 0 Å². The molecule has 2 amide bonds. The van der Waals surface area contributed by atoms with Gasteiger partial charge in [-0.15, -0.1) is 0 Å². The minimum Gasteiger partial charge on any atom is -1.00 e. The molecule has 9 heteroatoms. The first-order valence-corrected chi connectivity index (χ1v) is 9.98. The first-order valence-electron chi connectivity index (χ1n) is 9.60. The number of carbonyl (C=O) groups is 3. The fourth-order valence-corrected chi connectivity index (χ4v) is 3.41. The molecule has 0 radical (unpaired) electrons. The summed E-state index contributed by atoms with van der Waals surface area (Å²) in [6, 6.07) is 11.7. The number of halogens is 2. The summed E-state index contributed by atoms with van der Waals surface area (Å²) in [5, 5.41) is 3.25. The predicted molar refractivity (Wildman–Crippen MR) is 120 cm³/mol. The Kier molecular flexibility index (Phi) is 9.97. The van der Waals surface area contributed by atoms with Crippen LogP contribution in [0.3, 0.4) is 0 Å². The summed E-state index contributed by atoms with van der Waals surface area (Å²) in [5.74, 6) is -0.354. The largest absolute Gasteiger partial charge is 1.00 e. The molecule has 2 aromatic rings. The van der Waals surface area contributed by atoms with Crippen LogP contribution in [0.1, 0.15) is 27.1 Å². The molecule has 31 heavy (non-hydrogen) atoms. The van der Waals surface area contributed by atoms with Crippen LogP contribution in [-0.4, -0.2) is 63.4 Å². The van der Waals surface area contributed by atoms with Crippen molar-refractivity contribution in [3.63, 3.8) is 0 Å². The molecule has 0 fully saturated rings. The average Bonchev–Trinajstić information content (AvgIpc) is 2.70. The number of benzene rings is 2. The third-order valence-corrected chi connectivity index (χ3v) is 5.13. The minimum absolute atomic E-state index is 0. The molecule has 0 aliphatic heterocycles. The number of aldehydes is 1. The Labute approximate surface area is 194 Å². The fourth-order valence-electron chi connectivity index (χ4n) is 3.09. The van der Waals surface area contributed by atoms with Gasteiger partial charge in [0.25, 0.3) is 11.8 Å². The molecule has 0 aromatic heterocycles. The van der Waals surface area contributed by atoms with Crippen LogP contribution >= 0.6 is 11.6 Å². The van der Waals surface area contributed by atoms with Crippen molar-refractivity contribution < 1.29 is 31.3 Å². The normalized spacial score (nSPS) is 10.7.